The number of hydrogen-bond acceptors (Lipinski definition) is 7. The zero-order valence-corrected chi connectivity index (χ0v) is 17.5. The molecule has 0 radical (unpaired) electrons. The number of nitrogens with zero attached hydrogens (tertiary/aromatic N) is 1. The van der Waals surface area contributed by atoms with Crippen LogP contribution in [-0.2, 0) is 4.79 Å². The summed E-state index contributed by atoms with van der Waals surface area (Å²) in [6, 6.07) is 12.4. The Morgan fingerprint density at radius 1 is 1.03 bits per heavy atom. The van der Waals surface area contributed by atoms with Crippen molar-refractivity contribution in [1.82, 2.24) is 4.98 Å². The molecule has 3 aromatic rings. The number of allylic oxidation sites excluding steroid dienone is 1. The number of benzene rings is 2. The Labute approximate surface area is 184 Å². The molecular weight excluding hydrogens is 410 g/mol. The van der Waals surface area contributed by atoms with Crippen LogP contribution in [0.4, 0.5) is 0 Å². The third-order valence-electron chi connectivity index (χ3n) is 5.59. The van der Waals surface area contributed by atoms with Crippen LogP contribution >= 0.6 is 0 Å². The number of ether oxygens (including phenoxy) is 4. The lowest BCUT2D eigenvalue weighted by Gasteiger charge is -2.26. The molecular formula is C25H19NO6. The van der Waals surface area contributed by atoms with E-state index < -0.39 is 0 Å². The third-order valence-corrected chi connectivity index (χ3v) is 5.59. The number of aromatic nitrogens is 1. The van der Waals surface area contributed by atoms with Gasteiger partial charge in [-0.15, -0.1) is 0 Å². The first kappa shape index (κ1) is 19.8. The predicted octanol–water partition coefficient (Wildman–Crippen LogP) is 4.16. The largest absolute Gasteiger partial charge is 0.493 e. The van der Waals surface area contributed by atoms with Crippen molar-refractivity contribution in [2.45, 2.75) is 12.3 Å². The Bertz CT molecular complexity index is 1260. The van der Waals surface area contributed by atoms with Crippen molar-refractivity contribution in [1.29, 1.82) is 0 Å². The summed E-state index contributed by atoms with van der Waals surface area (Å²) < 4.78 is 22.4. The Morgan fingerprint density at radius 2 is 1.91 bits per heavy atom. The van der Waals surface area contributed by atoms with Crippen molar-refractivity contribution in [3.05, 3.63) is 82.9 Å². The summed E-state index contributed by atoms with van der Waals surface area (Å²) in [5.41, 5.74) is 2.59. The highest BCUT2D eigenvalue weighted by atomic mass is 16.5. The lowest BCUT2D eigenvalue weighted by molar-refractivity contribution is -0.135. The maximum Gasteiger partial charge on any atom is 0.312 e. The molecule has 160 valence electrons. The minimum absolute atomic E-state index is 0.134. The Balaban J connectivity index is 1.61. The van der Waals surface area contributed by atoms with Crippen LogP contribution in [-0.4, -0.2) is 31.0 Å². The van der Waals surface area contributed by atoms with Gasteiger partial charge in [0.05, 0.1) is 26.2 Å². The number of methoxy groups -OCH3 is 2. The number of fused-ring (bicyclic) bond motifs is 3. The molecule has 7 nitrogen and oxygen atoms in total. The maximum absolute atomic E-state index is 13.2. The summed E-state index contributed by atoms with van der Waals surface area (Å²) in [5.74, 6) is 1.07. The Kier molecular flexibility index (Phi) is 4.86. The van der Waals surface area contributed by atoms with Gasteiger partial charge in [-0.25, -0.2) is 0 Å². The van der Waals surface area contributed by atoms with E-state index in [-0.39, 0.29) is 29.9 Å². The highest BCUT2D eigenvalue weighted by Crippen LogP contribution is 2.49. The van der Waals surface area contributed by atoms with Crippen LogP contribution in [0.5, 0.6) is 23.0 Å². The van der Waals surface area contributed by atoms with Gasteiger partial charge in [0.2, 0.25) is 5.78 Å². The van der Waals surface area contributed by atoms with Crippen molar-refractivity contribution < 1.29 is 28.5 Å². The van der Waals surface area contributed by atoms with E-state index in [9.17, 15) is 9.59 Å². The van der Waals surface area contributed by atoms with E-state index in [1.807, 2.05) is 18.2 Å². The van der Waals surface area contributed by atoms with Crippen molar-refractivity contribution >= 4 is 17.8 Å². The lowest BCUT2D eigenvalue weighted by atomic mass is 9.85. The average molecular weight is 429 g/mol. The highest BCUT2D eigenvalue weighted by Gasteiger charge is 2.38. The van der Waals surface area contributed by atoms with E-state index in [4.69, 9.17) is 18.9 Å². The molecule has 2 aliphatic heterocycles. The van der Waals surface area contributed by atoms with Crippen LogP contribution in [0.2, 0.25) is 0 Å². The van der Waals surface area contributed by atoms with Crippen LogP contribution in [0.1, 0.15) is 39.4 Å². The molecule has 0 spiro atoms. The van der Waals surface area contributed by atoms with Crippen molar-refractivity contribution in [2.24, 2.45) is 0 Å². The number of carbonyl (C=O) groups excluding carboxylic acids is 2. The second-order valence-electron chi connectivity index (χ2n) is 7.39. The van der Waals surface area contributed by atoms with E-state index in [2.05, 4.69) is 4.98 Å². The van der Waals surface area contributed by atoms with Crippen LogP contribution in [0.3, 0.4) is 0 Å². The molecule has 32 heavy (non-hydrogen) atoms. The van der Waals surface area contributed by atoms with Crippen LogP contribution in [0.25, 0.3) is 6.08 Å². The molecule has 2 aliphatic rings. The number of para-hydroxylation sites is 1. The fourth-order valence-corrected chi connectivity index (χ4v) is 4.14. The number of pyridine rings is 1. The Morgan fingerprint density at radius 3 is 2.66 bits per heavy atom. The fourth-order valence-electron chi connectivity index (χ4n) is 4.14. The quantitative estimate of drug-likeness (QED) is 0.350. The standard InChI is InChI=1S/C25H19NO6/c1-29-19-7-3-5-14(24(19)30-2)11-20-23(28)16-8-9-18-22(25(16)32-20)17(12-21(27)31-18)15-6-4-10-26-13-15/h3-11,13,17H,12H2,1-2H3. The van der Waals surface area contributed by atoms with Crippen molar-refractivity contribution in [3.63, 3.8) is 0 Å². The van der Waals surface area contributed by atoms with Gasteiger partial charge in [0.15, 0.2) is 17.3 Å². The van der Waals surface area contributed by atoms with Gasteiger partial charge in [-0.3, -0.25) is 14.6 Å². The van der Waals surface area contributed by atoms with Gasteiger partial charge < -0.3 is 18.9 Å². The smallest absolute Gasteiger partial charge is 0.312 e. The second kappa shape index (κ2) is 7.85. The SMILES string of the molecule is COc1cccc(C=C2Oc3c(ccc4c3C(c3cccnc3)CC(=O)O4)C2=O)c1OC. The molecule has 3 heterocycles. The molecule has 0 N–H and O–H groups in total. The topological polar surface area (TPSA) is 84.0 Å². The number of ketones is 1. The van der Waals surface area contributed by atoms with E-state index >= 15 is 0 Å². The van der Waals surface area contributed by atoms with Gasteiger partial charge >= 0.3 is 5.97 Å². The van der Waals surface area contributed by atoms with Crippen LogP contribution < -0.4 is 18.9 Å². The molecule has 0 fully saturated rings. The predicted molar refractivity (Wildman–Crippen MR) is 115 cm³/mol. The molecule has 7 heteroatoms. The highest BCUT2D eigenvalue weighted by molar-refractivity contribution is 6.15. The summed E-state index contributed by atoms with van der Waals surface area (Å²) in [4.78, 5) is 29.6. The van der Waals surface area contributed by atoms with Crippen LogP contribution in [0, 0.1) is 0 Å². The summed E-state index contributed by atoms with van der Waals surface area (Å²) >= 11 is 0. The molecule has 1 unspecified atom stereocenters. The van der Waals surface area contributed by atoms with Gasteiger partial charge in [-0.2, -0.15) is 0 Å². The molecule has 5 rings (SSSR count). The summed E-state index contributed by atoms with van der Waals surface area (Å²) in [7, 11) is 3.09. The molecule has 0 saturated carbocycles. The molecule has 0 bridgehead atoms. The van der Waals surface area contributed by atoms with E-state index in [1.165, 1.54) is 7.11 Å². The average Bonchev–Trinajstić information content (AvgIpc) is 3.14. The Hall–Kier alpha value is -4.13. The van der Waals surface area contributed by atoms with Gasteiger partial charge in [0, 0.05) is 29.4 Å². The molecule has 0 aliphatic carbocycles. The fraction of sp³-hybridized carbons (Fsp3) is 0.160. The number of Topliss-reactive ketones (excluding diaryl/α,β-unsaturated/α-hetero) is 1. The van der Waals surface area contributed by atoms with E-state index in [0.29, 0.717) is 39.7 Å². The third kappa shape index (κ3) is 3.19. The molecule has 0 saturated heterocycles. The molecule has 1 atom stereocenters. The van der Waals surface area contributed by atoms with Crippen molar-refractivity contribution in [2.75, 3.05) is 14.2 Å². The van der Waals surface area contributed by atoms with Gasteiger partial charge in [0.1, 0.15) is 11.5 Å². The van der Waals surface area contributed by atoms with Crippen LogP contribution in [0.15, 0.2) is 60.6 Å². The number of esters is 1. The summed E-state index contributed by atoms with van der Waals surface area (Å²) in [6.45, 7) is 0. The first-order valence-electron chi connectivity index (χ1n) is 10.0. The number of carbonyl (C=O) groups is 2. The first-order valence-corrected chi connectivity index (χ1v) is 10.0. The minimum Gasteiger partial charge on any atom is -0.493 e. The minimum atomic E-state index is -0.340. The van der Waals surface area contributed by atoms with E-state index in [0.717, 1.165) is 5.56 Å². The normalized spacial score (nSPS) is 17.9. The monoisotopic (exact) mass is 429 g/mol. The molecule has 0 amide bonds. The van der Waals surface area contributed by atoms with Gasteiger partial charge in [-0.1, -0.05) is 18.2 Å². The molecule has 2 aromatic carbocycles. The summed E-state index contributed by atoms with van der Waals surface area (Å²) in [5, 5.41) is 0. The lowest BCUT2D eigenvalue weighted by Crippen LogP contribution is -2.21. The van der Waals surface area contributed by atoms with E-state index in [1.54, 1.807) is 49.8 Å². The summed E-state index contributed by atoms with van der Waals surface area (Å²) in [6.07, 6.45) is 5.14. The number of hydrogen-bond donors (Lipinski definition) is 0. The van der Waals surface area contributed by atoms with Gasteiger partial charge in [0.25, 0.3) is 0 Å². The maximum atomic E-state index is 13.2. The zero-order valence-electron chi connectivity index (χ0n) is 17.5. The first-order chi connectivity index (χ1) is 15.6. The van der Waals surface area contributed by atoms with Gasteiger partial charge in [-0.05, 0) is 35.9 Å². The number of rotatable bonds is 4. The zero-order chi connectivity index (χ0) is 22.2. The second-order valence-corrected chi connectivity index (χ2v) is 7.39. The molecule has 1 aromatic heterocycles. The van der Waals surface area contributed by atoms with Crippen molar-refractivity contribution in [3.8, 4) is 23.0 Å².